The lowest BCUT2D eigenvalue weighted by atomic mass is 10.1. The minimum atomic E-state index is -0.164. The Kier molecular flexibility index (Phi) is 4.25. The first kappa shape index (κ1) is 16.1. The van der Waals surface area contributed by atoms with E-state index in [1.165, 1.54) is 6.08 Å². The van der Waals surface area contributed by atoms with E-state index in [0.717, 1.165) is 28.0 Å². The zero-order valence-corrected chi connectivity index (χ0v) is 14.2. The van der Waals surface area contributed by atoms with Gasteiger partial charge in [-0.15, -0.1) is 0 Å². The van der Waals surface area contributed by atoms with Crippen LogP contribution in [0.4, 0.5) is 0 Å². The zero-order valence-electron chi connectivity index (χ0n) is 14.2. The van der Waals surface area contributed by atoms with E-state index in [4.69, 9.17) is 4.42 Å². The minimum Gasteiger partial charge on any atom is -0.461 e. The van der Waals surface area contributed by atoms with Gasteiger partial charge < -0.3 is 9.32 Å². The molecule has 0 N–H and O–H groups in total. The minimum absolute atomic E-state index is 0.131. The number of aromatic nitrogens is 2. The molecule has 1 amide bonds. The Hall–Kier alpha value is -2.82. The van der Waals surface area contributed by atoms with Crippen LogP contribution in [-0.2, 0) is 18.4 Å². The zero-order chi connectivity index (χ0) is 17.3. The van der Waals surface area contributed by atoms with Crippen molar-refractivity contribution in [3.05, 3.63) is 66.2 Å². The molecule has 1 atom stereocenters. The quantitative estimate of drug-likeness (QED) is 0.672. The van der Waals surface area contributed by atoms with E-state index in [9.17, 15) is 4.79 Å². The molecule has 0 radical (unpaired) electrons. The van der Waals surface area contributed by atoms with Crippen LogP contribution in [0.1, 0.15) is 30.0 Å². The monoisotopic (exact) mass is 323 g/mol. The maximum atomic E-state index is 12.4. The number of aryl methyl sites for hydroxylation is 2. The van der Waals surface area contributed by atoms with Crippen molar-refractivity contribution >= 4 is 16.9 Å². The number of nitrogens with zero attached hydrogens (tertiary/aromatic N) is 3. The SMILES string of the molecule is C=CC(=O)N(Cc1cccc2cc(C)oc12)C(C)c1ccn(C)n1. The molecule has 24 heavy (non-hydrogen) atoms. The first-order chi connectivity index (χ1) is 11.5. The first-order valence-corrected chi connectivity index (χ1v) is 7.90. The number of benzene rings is 1. The molecule has 0 saturated heterocycles. The number of para-hydroxylation sites is 1. The van der Waals surface area contributed by atoms with Crippen molar-refractivity contribution in [2.24, 2.45) is 7.05 Å². The van der Waals surface area contributed by atoms with E-state index in [1.54, 1.807) is 9.58 Å². The standard InChI is InChI=1S/C19H21N3O2/c1-5-18(23)22(14(3)17-9-10-21(4)20-17)12-16-8-6-7-15-11-13(2)24-19(15)16/h5-11,14H,1,12H2,2-4H3. The number of furan rings is 1. The molecule has 0 bridgehead atoms. The van der Waals surface area contributed by atoms with Gasteiger partial charge >= 0.3 is 0 Å². The van der Waals surface area contributed by atoms with Crippen molar-refractivity contribution in [3.8, 4) is 0 Å². The van der Waals surface area contributed by atoms with Gasteiger partial charge in [-0.2, -0.15) is 5.10 Å². The second kappa shape index (κ2) is 6.35. The van der Waals surface area contributed by atoms with Crippen molar-refractivity contribution in [1.29, 1.82) is 0 Å². The maximum Gasteiger partial charge on any atom is 0.246 e. The molecule has 0 aliphatic carbocycles. The fourth-order valence-corrected chi connectivity index (χ4v) is 2.90. The molecule has 5 nitrogen and oxygen atoms in total. The van der Waals surface area contributed by atoms with E-state index < -0.39 is 0 Å². The van der Waals surface area contributed by atoms with Crippen LogP contribution >= 0.6 is 0 Å². The molecule has 124 valence electrons. The molecule has 1 aromatic carbocycles. The van der Waals surface area contributed by atoms with Gasteiger partial charge in [0.1, 0.15) is 11.3 Å². The molecule has 2 aromatic heterocycles. The lowest BCUT2D eigenvalue weighted by Crippen LogP contribution is -2.32. The van der Waals surface area contributed by atoms with Gasteiger partial charge in [0, 0.05) is 24.2 Å². The molecular formula is C19H21N3O2. The van der Waals surface area contributed by atoms with Gasteiger partial charge in [-0.3, -0.25) is 9.48 Å². The average Bonchev–Trinajstić information content (AvgIpc) is 3.16. The first-order valence-electron chi connectivity index (χ1n) is 7.90. The van der Waals surface area contributed by atoms with Crippen LogP contribution in [0, 0.1) is 6.92 Å². The highest BCUT2D eigenvalue weighted by molar-refractivity contribution is 5.88. The van der Waals surface area contributed by atoms with Crippen molar-refractivity contribution in [2.45, 2.75) is 26.4 Å². The highest BCUT2D eigenvalue weighted by Crippen LogP contribution is 2.27. The predicted molar refractivity (Wildman–Crippen MR) is 93.3 cm³/mol. The third kappa shape index (κ3) is 2.97. The van der Waals surface area contributed by atoms with E-state index in [-0.39, 0.29) is 11.9 Å². The summed E-state index contributed by atoms with van der Waals surface area (Å²) in [5.41, 5.74) is 2.64. The van der Waals surface area contributed by atoms with Crippen LogP contribution in [0.2, 0.25) is 0 Å². The van der Waals surface area contributed by atoms with Crippen LogP contribution in [0.3, 0.4) is 0 Å². The summed E-state index contributed by atoms with van der Waals surface area (Å²) in [7, 11) is 1.86. The highest BCUT2D eigenvalue weighted by atomic mass is 16.3. The molecule has 0 aliphatic heterocycles. The summed E-state index contributed by atoms with van der Waals surface area (Å²) >= 11 is 0. The average molecular weight is 323 g/mol. The molecule has 1 unspecified atom stereocenters. The number of carbonyl (C=O) groups excluding carboxylic acids is 1. The molecule has 0 fully saturated rings. The Morgan fingerprint density at radius 1 is 1.46 bits per heavy atom. The summed E-state index contributed by atoms with van der Waals surface area (Å²) in [4.78, 5) is 14.2. The third-order valence-electron chi connectivity index (χ3n) is 4.18. The van der Waals surface area contributed by atoms with Crippen molar-refractivity contribution in [2.75, 3.05) is 0 Å². The summed E-state index contributed by atoms with van der Waals surface area (Å²) in [6, 6.07) is 9.74. The summed E-state index contributed by atoms with van der Waals surface area (Å²) in [6.07, 6.45) is 3.21. The fourth-order valence-electron chi connectivity index (χ4n) is 2.90. The Labute approximate surface area is 141 Å². The van der Waals surface area contributed by atoms with E-state index >= 15 is 0 Å². The second-order valence-electron chi connectivity index (χ2n) is 5.95. The largest absolute Gasteiger partial charge is 0.461 e. The van der Waals surface area contributed by atoms with Gasteiger partial charge in [0.25, 0.3) is 0 Å². The van der Waals surface area contributed by atoms with Crippen LogP contribution in [0.25, 0.3) is 11.0 Å². The van der Waals surface area contributed by atoms with Crippen LogP contribution in [-0.4, -0.2) is 20.6 Å². The van der Waals surface area contributed by atoms with Crippen LogP contribution < -0.4 is 0 Å². The van der Waals surface area contributed by atoms with Crippen LogP contribution in [0.15, 0.2) is 53.6 Å². The number of fused-ring (bicyclic) bond motifs is 1. The van der Waals surface area contributed by atoms with Crippen molar-refractivity contribution in [1.82, 2.24) is 14.7 Å². The maximum absolute atomic E-state index is 12.4. The molecule has 2 heterocycles. The topological polar surface area (TPSA) is 51.3 Å². The lowest BCUT2D eigenvalue weighted by molar-refractivity contribution is -0.128. The van der Waals surface area contributed by atoms with Crippen molar-refractivity contribution < 1.29 is 9.21 Å². The fraction of sp³-hybridized carbons (Fsp3) is 0.263. The smallest absolute Gasteiger partial charge is 0.246 e. The molecule has 3 aromatic rings. The lowest BCUT2D eigenvalue weighted by Gasteiger charge is -2.27. The number of rotatable bonds is 5. The molecule has 0 spiro atoms. The summed E-state index contributed by atoms with van der Waals surface area (Å²) < 4.78 is 7.55. The summed E-state index contributed by atoms with van der Waals surface area (Å²) in [5.74, 6) is 0.727. The molecule has 5 heteroatoms. The van der Waals surface area contributed by atoms with Gasteiger partial charge in [0.2, 0.25) is 5.91 Å². The third-order valence-corrected chi connectivity index (χ3v) is 4.18. The summed E-state index contributed by atoms with van der Waals surface area (Å²) in [5, 5.41) is 5.46. The number of amides is 1. The van der Waals surface area contributed by atoms with Gasteiger partial charge in [-0.1, -0.05) is 24.8 Å². The van der Waals surface area contributed by atoms with E-state index in [0.29, 0.717) is 6.54 Å². The second-order valence-corrected chi connectivity index (χ2v) is 5.95. The van der Waals surface area contributed by atoms with Crippen molar-refractivity contribution in [3.63, 3.8) is 0 Å². The van der Waals surface area contributed by atoms with Gasteiger partial charge in [0.05, 0.1) is 18.3 Å². The highest BCUT2D eigenvalue weighted by Gasteiger charge is 2.23. The predicted octanol–water partition coefficient (Wildman–Crippen LogP) is 3.75. The molecule has 0 aliphatic rings. The Bertz CT molecular complexity index is 891. The summed E-state index contributed by atoms with van der Waals surface area (Å²) in [6.45, 7) is 7.96. The van der Waals surface area contributed by atoms with Crippen LogP contribution in [0.5, 0.6) is 0 Å². The van der Waals surface area contributed by atoms with Gasteiger partial charge in [-0.25, -0.2) is 0 Å². The number of hydrogen-bond acceptors (Lipinski definition) is 3. The van der Waals surface area contributed by atoms with E-state index in [2.05, 4.69) is 11.7 Å². The Morgan fingerprint density at radius 2 is 2.25 bits per heavy atom. The Balaban J connectivity index is 1.97. The Morgan fingerprint density at radius 3 is 2.92 bits per heavy atom. The normalized spacial score (nSPS) is 12.3. The van der Waals surface area contributed by atoms with E-state index in [1.807, 2.05) is 57.4 Å². The number of carbonyl (C=O) groups is 1. The van der Waals surface area contributed by atoms with Gasteiger partial charge in [0.15, 0.2) is 0 Å². The molecule has 0 saturated carbocycles. The van der Waals surface area contributed by atoms with Gasteiger partial charge in [-0.05, 0) is 32.1 Å². The molecular weight excluding hydrogens is 302 g/mol. The number of hydrogen-bond donors (Lipinski definition) is 0. The molecule has 3 rings (SSSR count).